The van der Waals surface area contributed by atoms with E-state index in [-0.39, 0.29) is 0 Å². The molecule has 25 heavy (non-hydrogen) atoms. The molecule has 5 heteroatoms. The Morgan fingerprint density at radius 1 is 1.20 bits per heavy atom. The van der Waals surface area contributed by atoms with Gasteiger partial charge in [0.15, 0.2) is 5.96 Å². The highest BCUT2D eigenvalue weighted by molar-refractivity contribution is 5.79. The number of ether oxygens (including phenoxy) is 2. The number of nitrogens with zero attached hydrogens (tertiary/aromatic N) is 1. The Hall–Kier alpha value is -1.75. The van der Waals surface area contributed by atoms with Crippen molar-refractivity contribution in [2.24, 2.45) is 10.4 Å². The van der Waals surface area contributed by atoms with Crippen molar-refractivity contribution in [3.63, 3.8) is 0 Å². The van der Waals surface area contributed by atoms with Gasteiger partial charge in [0, 0.05) is 26.8 Å². The van der Waals surface area contributed by atoms with Crippen LogP contribution in [0.2, 0.25) is 0 Å². The molecule has 0 unspecified atom stereocenters. The lowest BCUT2D eigenvalue weighted by Crippen LogP contribution is -2.46. The minimum absolute atomic E-state index is 0.374. The number of nitrogens with one attached hydrogen (secondary N) is 2. The van der Waals surface area contributed by atoms with E-state index in [1.165, 1.54) is 24.8 Å². The lowest BCUT2D eigenvalue weighted by molar-refractivity contribution is 0.0732. The van der Waals surface area contributed by atoms with Crippen molar-refractivity contribution in [3.05, 3.63) is 29.3 Å². The molecule has 0 heterocycles. The number of benzene rings is 1. The summed E-state index contributed by atoms with van der Waals surface area (Å²) in [5.74, 6) is 1.77. The van der Waals surface area contributed by atoms with Crippen LogP contribution in [0.15, 0.2) is 23.2 Å². The summed E-state index contributed by atoms with van der Waals surface area (Å²) in [6, 6.07) is 6.24. The van der Waals surface area contributed by atoms with E-state index in [1.807, 2.05) is 12.1 Å². The number of rotatable bonds is 9. The van der Waals surface area contributed by atoms with Gasteiger partial charge in [0.25, 0.3) is 0 Å². The maximum atomic E-state index is 5.35. The lowest BCUT2D eigenvalue weighted by atomic mass is 9.67. The second-order valence-corrected chi connectivity index (χ2v) is 7.00. The first-order chi connectivity index (χ1) is 12.1. The molecule has 1 aromatic rings. The van der Waals surface area contributed by atoms with Gasteiger partial charge < -0.3 is 20.1 Å². The molecule has 1 aliphatic carbocycles. The van der Waals surface area contributed by atoms with Crippen molar-refractivity contribution in [1.29, 1.82) is 0 Å². The Morgan fingerprint density at radius 2 is 2.00 bits per heavy atom. The van der Waals surface area contributed by atoms with Gasteiger partial charge in [-0.15, -0.1) is 0 Å². The van der Waals surface area contributed by atoms with E-state index in [9.17, 15) is 0 Å². The third-order valence-corrected chi connectivity index (χ3v) is 4.99. The summed E-state index contributed by atoms with van der Waals surface area (Å²) >= 11 is 0. The van der Waals surface area contributed by atoms with Crippen LogP contribution in [0.4, 0.5) is 0 Å². The van der Waals surface area contributed by atoms with Gasteiger partial charge in [-0.05, 0) is 61.8 Å². The summed E-state index contributed by atoms with van der Waals surface area (Å²) < 4.78 is 10.6. The van der Waals surface area contributed by atoms with E-state index < -0.39 is 0 Å². The van der Waals surface area contributed by atoms with Gasteiger partial charge in [0.1, 0.15) is 5.75 Å². The molecular weight excluding hydrogens is 314 g/mol. The van der Waals surface area contributed by atoms with Gasteiger partial charge in [-0.1, -0.05) is 12.5 Å². The summed E-state index contributed by atoms with van der Waals surface area (Å²) in [5, 5.41) is 6.89. The predicted molar refractivity (Wildman–Crippen MR) is 103 cm³/mol. The van der Waals surface area contributed by atoms with Crippen molar-refractivity contribution in [3.8, 4) is 5.75 Å². The standard InChI is InChI=1S/C20H33N3O2/c1-5-21-19(23-15-20(7-6-8-20)9-10-24-3)22-14-17-11-16(2)12-18(13-17)25-4/h11-13H,5-10,14-15H2,1-4H3,(H2,21,22,23). The molecule has 0 aliphatic heterocycles. The Bertz CT molecular complexity index is 568. The Kier molecular flexibility index (Phi) is 7.56. The fourth-order valence-electron chi connectivity index (χ4n) is 3.33. The van der Waals surface area contributed by atoms with Crippen molar-refractivity contribution in [2.45, 2.75) is 46.1 Å². The number of guanidine groups is 1. The molecule has 140 valence electrons. The summed E-state index contributed by atoms with van der Waals surface area (Å²) in [6.45, 7) is 7.45. The van der Waals surface area contributed by atoms with E-state index in [1.54, 1.807) is 14.2 Å². The second-order valence-electron chi connectivity index (χ2n) is 7.00. The van der Waals surface area contributed by atoms with E-state index in [4.69, 9.17) is 14.5 Å². The quantitative estimate of drug-likeness (QED) is 0.532. The Morgan fingerprint density at radius 3 is 2.60 bits per heavy atom. The van der Waals surface area contributed by atoms with Crippen LogP contribution < -0.4 is 15.4 Å². The first-order valence-electron chi connectivity index (χ1n) is 9.26. The van der Waals surface area contributed by atoms with Gasteiger partial charge >= 0.3 is 0 Å². The molecule has 1 aliphatic rings. The molecule has 1 saturated carbocycles. The van der Waals surface area contributed by atoms with Gasteiger partial charge in [-0.3, -0.25) is 0 Å². The lowest BCUT2D eigenvalue weighted by Gasteiger charge is -2.42. The zero-order chi connectivity index (χ0) is 18.1. The minimum atomic E-state index is 0.374. The number of aryl methyl sites for hydroxylation is 1. The van der Waals surface area contributed by atoms with Gasteiger partial charge in [-0.25, -0.2) is 4.99 Å². The molecule has 0 radical (unpaired) electrons. The van der Waals surface area contributed by atoms with E-state index in [2.05, 4.69) is 30.5 Å². The first-order valence-corrected chi connectivity index (χ1v) is 9.26. The Balaban J connectivity index is 1.97. The van der Waals surface area contributed by atoms with Gasteiger partial charge in [-0.2, -0.15) is 0 Å². The number of methoxy groups -OCH3 is 2. The van der Waals surface area contributed by atoms with Crippen molar-refractivity contribution in [2.75, 3.05) is 33.9 Å². The number of hydrogen-bond acceptors (Lipinski definition) is 3. The Labute approximate surface area is 152 Å². The molecule has 1 aromatic carbocycles. The summed E-state index contributed by atoms with van der Waals surface area (Å²) in [4.78, 5) is 4.75. The maximum absolute atomic E-state index is 5.35. The highest BCUT2D eigenvalue weighted by Crippen LogP contribution is 2.43. The highest BCUT2D eigenvalue weighted by Gasteiger charge is 2.36. The zero-order valence-corrected chi connectivity index (χ0v) is 16.2. The molecule has 2 N–H and O–H groups in total. The van der Waals surface area contributed by atoms with Crippen LogP contribution >= 0.6 is 0 Å². The molecule has 0 spiro atoms. The molecule has 0 saturated heterocycles. The van der Waals surface area contributed by atoms with Crippen LogP contribution in [0.1, 0.15) is 43.7 Å². The smallest absolute Gasteiger partial charge is 0.191 e. The van der Waals surface area contributed by atoms with Crippen LogP contribution in [0.3, 0.4) is 0 Å². The first kappa shape index (κ1) is 19.6. The summed E-state index contributed by atoms with van der Waals surface area (Å²) in [7, 11) is 3.48. The molecular formula is C20H33N3O2. The minimum Gasteiger partial charge on any atom is -0.497 e. The van der Waals surface area contributed by atoms with Gasteiger partial charge in [0.05, 0.1) is 13.7 Å². The van der Waals surface area contributed by atoms with Crippen LogP contribution in [0.25, 0.3) is 0 Å². The summed E-state index contributed by atoms with van der Waals surface area (Å²) in [6.07, 6.45) is 4.99. The average Bonchev–Trinajstić information content (AvgIpc) is 2.57. The zero-order valence-electron chi connectivity index (χ0n) is 16.2. The molecule has 0 bridgehead atoms. The largest absolute Gasteiger partial charge is 0.497 e. The van der Waals surface area contributed by atoms with Crippen LogP contribution in [-0.2, 0) is 11.3 Å². The fraction of sp³-hybridized carbons (Fsp3) is 0.650. The van der Waals surface area contributed by atoms with E-state index >= 15 is 0 Å². The maximum Gasteiger partial charge on any atom is 0.191 e. The predicted octanol–water partition coefficient (Wildman–Crippen LogP) is 3.27. The highest BCUT2D eigenvalue weighted by atomic mass is 16.5. The number of hydrogen-bond donors (Lipinski definition) is 2. The molecule has 0 atom stereocenters. The van der Waals surface area contributed by atoms with E-state index in [0.717, 1.165) is 43.4 Å². The fourth-order valence-corrected chi connectivity index (χ4v) is 3.33. The normalized spacial score (nSPS) is 16.2. The topological polar surface area (TPSA) is 54.9 Å². The van der Waals surface area contributed by atoms with Crippen LogP contribution in [0.5, 0.6) is 5.75 Å². The molecule has 2 rings (SSSR count). The van der Waals surface area contributed by atoms with Gasteiger partial charge in [0.2, 0.25) is 0 Å². The van der Waals surface area contributed by atoms with Crippen LogP contribution in [0, 0.1) is 12.3 Å². The number of aliphatic imine (C=N–C) groups is 1. The van der Waals surface area contributed by atoms with Crippen molar-refractivity contribution >= 4 is 5.96 Å². The molecule has 5 nitrogen and oxygen atoms in total. The van der Waals surface area contributed by atoms with Crippen molar-refractivity contribution < 1.29 is 9.47 Å². The third-order valence-electron chi connectivity index (χ3n) is 4.99. The monoisotopic (exact) mass is 347 g/mol. The molecule has 0 aromatic heterocycles. The summed E-state index contributed by atoms with van der Waals surface area (Å²) in [5.41, 5.74) is 2.72. The molecule has 0 amide bonds. The third kappa shape index (κ3) is 5.92. The van der Waals surface area contributed by atoms with E-state index in [0.29, 0.717) is 12.0 Å². The molecule has 1 fully saturated rings. The SMILES string of the molecule is CCNC(=NCc1cc(C)cc(OC)c1)NCC1(CCOC)CCC1. The van der Waals surface area contributed by atoms with Crippen molar-refractivity contribution in [1.82, 2.24) is 10.6 Å². The average molecular weight is 348 g/mol. The second kappa shape index (κ2) is 9.66. The van der Waals surface area contributed by atoms with Crippen LogP contribution in [-0.4, -0.2) is 39.9 Å².